The second-order valence-corrected chi connectivity index (χ2v) is 5.42. The van der Waals surface area contributed by atoms with Gasteiger partial charge in [0.25, 0.3) is 5.56 Å². The van der Waals surface area contributed by atoms with E-state index in [0.717, 1.165) is 22.5 Å². The molecule has 0 aliphatic carbocycles. The van der Waals surface area contributed by atoms with Crippen molar-refractivity contribution < 1.29 is 0 Å². The minimum Gasteiger partial charge on any atom is -0.266 e. The molecule has 0 aliphatic heterocycles. The molecule has 21 heavy (non-hydrogen) atoms. The molecule has 0 fully saturated rings. The monoisotopic (exact) mass is 282 g/mol. The van der Waals surface area contributed by atoms with E-state index >= 15 is 0 Å². The Bertz CT molecular complexity index is 918. The number of rotatable bonds is 1. The summed E-state index contributed by atoms with van der Waals surface area (Å²) in [7, 11) is 1.78. The van der Waals surface area contributed by atoms with Crippen LogP contribution < -0.4 is 5.56 Å². The summed E-state index contributed by atoms with van der Waals surface area (Å²) in [4.78, 5) is 17.5. The van der Waals surface area contributed by atoms with Crippen LogP contribution in [0.5, 0.6) is 0 Å². The maximum atomic E-state index is 12.9. The van der Waals surface area contributed by atoms with Gasteiger partial charge in [0.2, 0.25) is 0 Å². The largest absolute Gasteiger partial charge is 0.284 e. The molecule has 5 nitrogen and oxygen atoms in total. The predicted octanol–water partition coefficient (Wildman–Crippen LogP) is 2.35. The van der Waals surface area contributed by atoms with Crippen molar-refractivity contribution in [2.75, 3.05) is 0 Å². The van der Waals surface area contributed by atoms with E-state index in [4.69, 9.17) is 0 Å². The van der Waals surface area contributed by atoms with Gasteiger partial charge in [-0.3, -0.25) is 14.0 Å². The van der Waals surface area contributed by atoms with E-state index in [-0.39, 0.29) is 5.56 Å². The zero-order valence-corrected chi connectivity index (χ0v) is 12.9. The molecule has 5 heteroatoms. The second kappa shape index (κ2) is 4.55. The van der Waals surface area contributed by atoms with Crippen LogP contribution in [0.3, 0.4) is 0 Å². The Morgan fingerprint density at radius 2 is 1.81 bits per heavy atom. The van der Waals surface area contributed by atoms with Crippen molar-refractivity contribution in [3.8, 4) is 5.69 Å². The zero-order chi connectivity index (χ0) is 15.3. The smallest absolute Gasteiger partial charge is 0.266 e. The third kappa shape index (κ3) is 1.88. The standard InChI is InChI=1S/C16H18N4O/c1-9-7-6-8-13(10(9)2)20-12(4)17-14-11(3)18-19(5)15(14)16(20)21/h6-8H,1-5H3. The Labute approximate surface area is 122 Å². The van der Waals surface area contributed by atoms with E-state index in [0.29, 0.717) is 16.9 Å². The molecule has 2 heterocycles. The van der Waals surface area contributed by atoms with Crippen molar-refractivity contribution in [1.29, 1.82) is 0 Å². The van der Waals surface area contributed by atoms with Crippen molar-refractivity contribution in [1.82, 2.24) is 19.3 Å². The second-order valence-electron chi connectivity index (χ2n) is 5.42. The van der Waals surface area contributed by atoms with Crippen LogP contribution >= 0.6 is 0 Å². The third-order valence-corrected chi connectivity index (χ3v) is 4.01. The minimum absolute atomic E-state index is 0.0747. The molecule has 3 aromatic rings. The molecule has 0 radical (unpaired) electrons. The molecule has 0 N–H and O–H groups in total. The molecule has 0 bridgehead atoms. The topological polar surface area (TPSA) is 52.7 Å². The number of hydrogen-bond donors (Lipinski definition) is 0. The van der Waals surface area contributed by atoms with Crippen molar-refractivity contribution in [3.63, 3.8) is 0 Å². The Morgan fingerprint density at radius 3 is 2.52 bits per heavy atom. The van der Waals surface area contributed by atoms with E-state index < -0.39 is 0 Å². The first-order valence-electron chi connectivity index (χ1n) is 6.91. The van der Waals surface area contributed by atoms with Crippen LogP contribution in [-0.2, 0) is 7.05 Å². The van der Waals surface area contributed by atoms with Gasteiger partial charge >= 0.3 is 0 Å². The molecule has 2 aromatic heterocycles. The average Bonchev–Trinajstić information content (AvgIpc) is 2.69. The molecule has 0 aliphatic rings. The molecule has 108 valence electrons. The fraction of sp³-hybridized carbons (Fsp3) is 0.312. The van der Waals surface area contributed by atoms with E-state index in [9.17, 15) is 4.79 Å². The van der Waals surface area contributed by atoms with Crippen molar-refractivity contribution >= 4 is 11.0 Å². The van der Waals surface area contributed by atoms with Gasteiger partial charge in [-0.05, 0) is 44.9 Å². The lowest BCUT2D eigenvalue weighted by molar-refractivity contribution is 0.772. The first kappa shape index (κ1) is 13.5. The Kier molecular flexibility index (Phi) is 2.93. The van der Waals surface area contributed by atoms with E-state index in [1.165, 1.54) is 0 Å². The normalized spacial score (nSPS) is 11.3. The van der Waals surface area contributed by atoms with Crippen LogP contribution in [0.15, 0.2) is 23.0 Å². The molecule has 0 amide bonds. The van der Waals surface area contributed by atoms with Gasteiger partial charge in [-0.25, -0.2) is 4.98 Å². The summed E-state index contributed by atoms with van der Waals surface area (Å²) in [6.07, 6.45) is 0. The lowest BCUT2D eigenvalue weighted by Crippen LogP contribution is -2.24. The van der Waals surface area contributed by atoms with Gasteiger partial charge < -0.3 is 0 Å². The number of aromatic nitrogens is 4. The van der Waals surface area contributed by atoms with Gasteiger partial charge in [0.05, 0.1) is 11.4 Å². The van der Waals surface area contributed by atoms with Crippen LogP contribution in [0.4, 0.5) is 0 Å². The van der Waals surface area contributed by atoms with Gasteiger partial charge in [-0.1, -0.05) is 12.1 Å². The average molecular weight is 282 g/mol. The Balaban J connectivity index is 2.47. The van der Waals surface area contributed by atoms with Crippen LogP contribution in [0, 0.1) is 27.7 Å². The fourth-order valence-electron chi connectivity index (χ4n) is 2.75. The molecule has 0 saturated carbocycles. The predicted molar refractivity (Wildman–Crippen MR) is 83.1 cm³/mol. The van der Waals surface area contributed by atoms with Crippen molar-refractivity contribution in [2.45, 2.75) is 27.7 Å². The van der Waals surface area contributed by atoms with Crippen LogP contribution in [-0.4, -0.2) is 19.3 Å². The summed E-state index contributed by atoms with van der Waals surface area (Å²) in [5.41, 5.74) is 5.05. The highest BCUT2D eigenvalue weighted by Crippen LogP contribution is 2.19. The highest BCUT2D eigenvalue weighted by molar-refractivity contribution is 5.77. The first-order valence-corrected chi connectivity index (χ1v) is 6.91. The maximum absolute atomic E-state index is 12.9. The Morgan fingerprint density at radius 1 is 1.10 bits per heavy atom. The molecule has 3 rings (SSSR count). The van der Waals surface area contributed by atoms with Gasteiger partial charge in [-0.2, -0.15) is 5.10 Å². The summed E-state index contributed by atoms with van der Waals surface area (Å²) < 4.78 is 3.28. The number of nitrogens with zero attached hydrogens (tertiary/aromatic N) is 4. The molecule has 0 saturated heterocycles. The van der Waals surface area contributed by atoms with Crippen molar-refractivity contribution in [2.24, 2.45) is 7.05 Å². The third-order valence-electron chi connectivity index (χ3n) is 4.01. The molecular formula is C16H18N4O. The van der Waals surface area contributed by atoms with E-state index in [1.807, 2.05) is 45.9 Å². The van der Waals surface area contributed by atoms with Gasteiger partial charge in [0.15, 0.2) is 5.52 Å². The number of hydrogen-bond acceptors (Lipinski definition) is 3. The zero-order valence-electron chi connectivity index (χ0n) is 12.9. The highest BCUT2D eigenvalue weighted by atomic mass is 16.1. The molecule has 0 spiro atoms. The van der Waals surface area contributed by atoms with Gasteiger partial charge in [0, 0.05) is 7.05 Å². The van der Waals surface area contributed by atoms with E-state index in [1.54, 1.807) is 16.3 Å². The van der Waals surface area contributed by atoms with Crippen LogP contribution in [0.2, 0.25) is 0 Å². The molecular weight excluding hydrogens is 264 g/mol. The number of fused-ring (bicyclic) bond motifs is 1. The lowest BCUT2D eigenvalue weighted by atomic mass is 10.1. The minimum atomic E-state index is -0.0747. The summed E-state index contributed by atoms with van der Waals surface area (Å²) in [6.45, 7) is 7.79. The SMILES string of the molecule is Cc1cccc(-n2c(C)nc3c(C)nn(C)c3c2=O)c1C. The molecule has 0 atom stereocenters. The number of benzene rings is 1. The summed E-state index contributed by atoms with van der Waals surface area (Å²) in [6, 6.07) is 5.95. The van der Waals surface area contributed by atoms with Crippen molar-refractivity contribution in [3.05, 3.63) is 51.2 Å². The van der Waals surface area contributed by atoms with Crippen LogP contribution in [0.25, 0.3) is 16.7 Å². The summed E-state index contributed by atoms with van der Waals surface area (Å²) >= 11 is 0. The summed E-state index contributed by atoms with van der Waals surface area (Å²) in [5.74, 6) is 0.678. The fourth-order valence-corrected chi connectivity index (χ4v) is 2.75. The van der Waals surface area contributed by atoms with E-state index in [2.05, 4.69) is 10.1 Å². The van der Waals surface area contributed by atoms with Gasteiger partial charge in [0.1, 0.15) is 11.3 Å². The Hall–Kier alpha value is -2.43. The quantitative estimate of drug-likeness (QED) is 0.688. The maximum Gasteiger partial charge on any atom is 0.284 e. The molecule has 1 aromatic carbocycles. The first-order chi connectivity index (χ1) is 9.91. The highest BCUT2D eigenvalue weighted by Gasteiger charge is 2.17. The molecule has 0 unspecified atom stereocenters. The van der Waals surface area contributed by atoms with Crippen LogP contribution in [0.1, 0.15) is 22.6 Å². The van der Waals surface area contributed by atoms with Gasteiger partial charge in [-0.15, -0.1) is 0 Å². The lowest BCUT2D eigenvalue weighted by Gasteiger charge is -2.14. The summed E-state index contributed by atoms with van der Waals surface area (Å²) in [5, 5.41) is 4.31. The number of aryl methyl sites for hydroxylation is 4.